The second kappa shape index (κ2) is 17.5. The van der Waals surface area contributed by atoms with Crippen molar-refractivity contribution in [1.29, 1.82) is 0 Å². The molecule has 1 unspecified atom stereocenters. The van der Waals surface area contributed by atoms with Crippen LogP contribution < -0.4 is 32.3 Å². The summed E-state index contributed by atoms with van der Waals surface area (Å²) in [5.74, 6) is -7.21. The van der Waals surface area contributed by atoms with Crippen LogP contribution in [-0.2, 0) is 47.0 Å². The van der Waals surface area contributed by atoms with Crippen LogP contribution in [0.15, 0.2) is 6.20 Å². The van der Waals surface area contributed by atoms with Gasteiger partial charge < -0.3 is 47.6 Å². The van der Waals surface area contributed by atoms with Gasteiger partial charge >= 0.3 is 5.97 Å². The predicted octanol–water partition coefficient (Wildman–Crippen LogP) is -4.47. The lowest BCUT2D eigenvalue weighted by Gasteiger charge is -2.28. The molecule has 10 N–H and O–H groups in total. The van der Waals surface area contributed by atoms with Crippen molar-refractivity contribution in [2.24, 2.45) is 18.7 Å². The molecule has 0 aliphatic carbocycles. The third kappa shape index (κ3) is 13.1. The monoisotopic (exact) mass is 627 g/mol. The number of aromatic nitrogens is 3. The van der Waals surface area contributed by atoms with Crippen LogP contribution in [0.1, 0.15) is 52.7 Å². The fraction of sp³-hybridized carbons (Fsp3) is 0.640. The maximum atomic E-state index is 13.2. The van der Waals surface area contributed by atoms with Gasteiger partial charge in [0.25, 0.3) is 0 Å². The Morgan fingerprint density at radius 3 is 1.89 bits per heavy atom. The van der Waals surface area contributed by atoms with Gasteiger partial charge in [0.15, 0.2) is 6.29 Å². The fourth-order valence-electron chi connectivity index (χ4n) is 3.88. The summed E-state index contributed by atoms with van der Waals surface area (Å²) in [4.78, 5) is 86.7. The number of aryl methyl sites for hydroxylation is 1. The van der Waals surface area contributed by atoms with Crippen LogP contribution in [0.3, 0.4) is 0 Å². The number of hydrogen-bond donors (Lipinski definition) is 9. The zero-order valence-electron chi connectivity index (χ0n) is 25.1. The van der Waals surface area contributed by atoms with Crippen molar-refractivity contribution in [1.82, 2.24) is 41.6 Å². The van der Waals surface area contributed by atoms with E-state index in [0.717, 1.165) is 0 Å². The summed E-state index contributed by atoms with van der Waals surface area (Å²) >= 11 is 0. The third-order valence-corrected chi connectivity index (χ3v) is 6.14. The molecule has 0 saturated heterocycles. The van der Waals surface area contributed by atoms with E-state index in [1.54, 1.807) is 20.9 Å². The minimum absolute atomic E-state index is 0.163. The molecule has 0 fully saturated rings. The van der Waals surface area contributed by atoms with E-state index in [1.165, 1.54) is 24.7 Å². The molecular formula is C25H41N9O10. The molecule has 0 spiro atoms. The van der Waals surface area contributed by atoms with Crippen molar-refractivity contribution in [3.63, 3.8) is 0 Å². The van der Waals surface area contributed by atoms with Crippen LogP contribution in [0.2, 0.25) is 0 Å². The smallest absolute Gasteiger partial charge is 0.305 e. The number of carbonyl (C=O) groups excluding carboxylic acids is 6. The second-order valence-corrected chi connectivity index (χ2v) is 10.5. The first-order valence-corrected chi connectivity index (χ1v) is 13.6. The summed E-state index contributed by atoms with van der Waals surface area (Å²) in [6.45, 7) is 5.64. The van der Waals surface area contributed by atoms with Gasteiger partial charge in [-0.05, 0) is 19.3 Å². The van der Waals surface area contributed by atoms with Crippen LogP contribution >= 0.6 is 0 Å². The van der Waals surface area contributed by atoms with Gasteiger partial charge in [-0.25, -0.2) is 0 Å². The van der Waals surface area contributed by atoms with Crippen LogP contribution in [-0.4, -0.2) is 108 Å². The third-order valence-electron chi connectivity index (χ3n) is 6.14. The van der Waals surface area contributed by atoms with Gasteiger partial charge in [0, 0.05) is 33.0 Å². The van der Waals surface area contributed by atoms with Crippen molar-refractivity contribution in [3.05, 3.63) is 11.9 Å². The lowest BCUT2D eigenvalue weighted by atomic mass is 10.0. The van der Waals surface area contributed by atoms with Gasteiger partial charge in [-0.3, -0.25) is 38.2 Å². The number of hydrogen-bond acceptors (Lipinski definition) is 11. The molecule has 1 rings (SSSR count). The number of carboxylic acid groups (broad SMARTS) is 1. The molecule has 0 aliphatic rings. The highest BCUT2D eigenvalue weighted by atomic mass is 16.5. The summed E-state index contributed by atoms with van der Waals surface area (Å²) in [7, 11) is 1.58. The number of carboxylic acids is 1. The summed E-state index contributed by atoms with van der Waals surface area (Å²) in [5.41, 5.74) is 5.70. The van der Waals surface area contributed by atoms with Gasteiger partial charge in [-0.2, -0.15) is 0 Å². The molecule has 19 nitrogen and oxygen atoms in total. The maximum absolute atomic E-state index is 13.2. The van der Waals surface area contributed by atoms with E-state index >= 15 is 0 Å². The highest BCUT2D eigenvalue weighted by Gasteiger charge is 2.34. The fourth-order valence-corrected chi connectivity index (χ4v) is 3.88. The average molecular weight is 628 g/mol. The number of aliphatic hydroxyl groups excluding tert-OH is 1. The SMILES string of the molecule is CC(=O)N[C@H](C)C(=O)N[C@H](CCC(O)O)C(=O)NC(C(=O)N[C@H](CC(=O)O)C(=O)N[C@H](Cc1cn(C)nn1)C(N)=O)C(C)C. The van der Waals surface area contributed by atoms with Gasteiger partial charge in [0.2, 0.25) is 35.4 Å². The molecule has 0 aromatic carbocycles. The molecule has 0 saturated carbocycles. The quantitative estimate of drug-likeness (QED) is 0.0696. The predicted molar refractivity (Wildman–Crippen MR) is 149 cm³/mol. The Hall–Kier alpha value is -4.65. The molecule has 6 amide bonds. The number of nitrogens with zero attached hydrogens (tertiary/aromatic N) is 3. The van der Waals surface area contributed by atoms with Crippen LogP contribution in [0.5, 0.6) is 0 Å². The molecule has 0 radical (unpaired) electrons. The number of aliphatic hydroxyl groups is 2. The van der Waals surface area contributed by atoms with Crippen LogP contribution in [0.25, 0.3) is 0 Å². The van der Waals surface area contributed by atoms with Crippen molar-refractivity contribution < 1.29 is 48.9 Å². The Balaban J connectivity index is 3.11. The number of primary amides is 1. The zero-order valence-corrected chi connectivity index (χ0v) is 25.1. The average Bonchev–Trinajstić information content (AvgIpc) is 3.31. The highest BCUT2D eigenvalue weighted by molar-refractivity contribution is 5.97. The van der Waals surface area contributed by atoms with Crippen molar-refractivity contribution in [2.75, 3.05) is 0 Å². The largest absolute Gasteiger partial charge is 0.481 e. The Kier molecular flexibility index (Phi) is 14.8. The molecule has 19 heteroatoms. The summed E-state index contributed by atoms with van der Waals surface area (Å²) in [6.07, 6.45) is -1.98. The number of nitrogens with two attached hydrogens (primary N) is 1. The topological polar surface area (TPSA) is 297 Å². The van der Waals surface area contributed by atoms with Gasteiger partial charge in [0.05, 0.1) is 12.1 Å². The highest BCUT2D eigenvalue weighted by Crippen LogP contribution is 2.08. The lowest BCUT2D eigenvalue weighted by molar-refractivity contribution is -0.141. The summed E-state index contributed by atoms with van der Waals surface area (Å²) < 4.78 is 1.36. The normalized spacial score (nSPS) is 14.5. The molecule has 1 heterocycles. The van der Waals surface area contributed by atoms with E-state index in [9.17, 15) is 48.9 Å². The van der Waals surface area contributed by atoms with E-state index in [4.69, 9.17) is 5.73 Å². The number of nitrogens with one attached hydrogen (secondary N) is 5. The van der Waals surface area contributed by atoms with Crippen LogP contribution in [0, 0.1) is 5.92 Å². The molecule has 0 bridgehead atoms. The molecule has 44 heavy (non-hydrogen) atoms. The number of amides is 6. The molecule has 246 valence electrons. The second-order valence-electron chi connectivity index (χ2n) is 10.5. The van der Waals surface area contributed by atoms with E-state index in [-0.39, 0.29) is 19.3 Å². The maximum Gasteiger partial charge on any atom is 0.305 e. The van der Waals surface area contributed by atoms with Gasteiger partial charge in [-0.1, -0.05) is 19.1 Å². The molecule has 0 aliphatic heterocycles. The molecular weight excluding hydrogens is 586 g/mol. The first kappa shape index (κ1) is 37.4. The van der Waals surface area contributed by atoms with Crippen molar-refractivity contribution in [2.45, 2.75) is 89.9 Å². The number of rotatable bonds is 18. The standard InChI is InChI=1S/C25H41N9O10/c1-11(2)20(31-23(42)15(6-7-18(36)37)28-22(41)12(3)27-13(4)35)25(44)30-17(9-19(38)39)24(43)29-16(21(26)40)8-14-10-34(5)33-32-14/h10-12,15-18,20,36-37H,6-9H2,1-5H3,(H2,26,40)(H,27,35)(H,28,41)(H,29,43)(H,30,44)(H,31,42)(H,38,39)/t12-,15-,16-,17-,20?/m1/s1. The van der Waals surface area contributed by atoms with E-state index in [2.05, 4.69) is 36.9 Å². The van der Waals surface area contributed by atoms with Crippen molar-refractivity contribution >= 4 is 41.4 Å². The molecule has 1 aromatic rings. The lowest BCUT2D eigenvalue weighted by Crippen LogP contribution is -2.60. The number of carbonyl (C=O) groups is 7. The Bertz CT molecular complexity index is 1200. The summed E-state index contributed by atoms with van der Waals surface area (Å²) in [6, 6.07) is -6.78. The number of aliphatic carboxylic acids is 1. The van der Waals surface area contributed by atoms with E-state index in [1.807, 2.05) is 0 Å². The first-order valence-electron chi connectivity index (χ1n) is 13.6. The molecule has 1 aromatic heterocycles. The minimum atomic E-state index is -1.81. The van der Waals surface area contributed by atoms with E-state index in [0.29, 0.717) is 5.69 Å². The van der Waals surface area contributed by atoms with Crippen molar-refractivity contribution in [3.8, 4) is 0 Å². The zero-order chi connectivity index (χ0) is 33.7. The minimum Gasteiger partial charge on any atom is -0.481 e. The Morgan fingerprint density at radius 2 is 1.41 bits per heavy atom. The van der Waals surface area contributed by atoms with Gasteiger partial charge in [0.1, 0.15) is 30.2 Å². The van der Waals surface area contributed by atoms with Crippen LogP contribution in [0.4, 0.5) is 0 Å². The first-order chi connectivity index (χ1) is 20.4. The summed E-state index contributed by atoms with van der Waals surface area (Å²) in [5, 5.41) is 47.2. The van der Waals surface area contributed by atoms with Gasteiger partial charge in [-0.15, -0.1) is 5.10 Å². The molecule has 5 atom stereocenters. The van der Waals surface area contributed by atoms with E-state index < -0.39 is 90.3 Å². The Labute approximate surface area is 252 Å². The Morgan fingerprint density at radius 1 is 0.841 bits per heavy atom.